The van der Waals surface area contributed by atoms with E-state index in [0.29, 0.717) is 17.9 Å². The molecule has 1 aromatic heterocycles. The van der Waals surface area contributed by atoms with Crippen LogP contribution in [-0.2, 0) is 6.61 Å². The van der Waals surface area contributed by atoms with Crippen LogP contribution < -0.4 is 10.2 Å². The van der Waals surface area contributed by atoms with E-state index in [1.54, 1.807) is 30.5 Å². The van der Waals surface area contributed by atoms with Crippen molar-refractivity contribution in [1.29, 1.82) is 0 Å². The maximum absolute atomic E-state index is 12.3. The molecule has 0 fully saturated rings. The number of fused-ring (bicyclic) bond motifs is 1. The largest absolute Gasteiger partial charge is 0.489 e. The monoisotopic (exact) mass is 383 g/mol. The highest BCUT2D eigenvalue weighted by molar-refractivity contribution is 6.00. The molecule has 1 heterocycles. The van der Waals surface area contributed by atoms with Crippen molar-refractivity contribution < 1.29 is 9.53 Å². The van der Waals surface area contributed by atoms with Crippen molar-refractivity contribution in [3.8, 4) is 5.75 Å². The molecule has 0 saturated heterocycles. The molecule has 0 aliphatic heterocycles. The average Bonchev–Trinajstić information content (AvgIpc) is 3.17. The lowest BCUT2D eigenvalue weighted by atomic mass is 10.2. The first-order valence-electron chi connectivity index (χ1n) is 9.37. The number of hydrazone groups is 1. The predicted molar refractivity (Wildman–Crippen MR) is 115 cm³/mol. The van der Waals surface area contributed by atoms with Gasteiger partial charge in [0.2, 0.25) is 0 Å². The van der Waals surface area contributed by atoms with Gasteiger partial charge in [-0.3, -0.25) is 4.79 Å². The summed E-state index contributed by atoms with van der Waals surface area (Å²) in [5.41, 5.74) is 7.34. The summed E-state index contributed by atoms with van der Waals surface area (Å²) in [6.45, 7) is 2.54. The molecule has 0 aliphatic rings. The number of ether oxygens (including phenoxy) is 1. The van der Waals surface area contributed by atoms with Gasteiger partial charge < -0.3 is 9.72 Å². The normalized spacial score (nSPS) is 11.1. The molecule has 1 amide bonds. The molecule has 0 saturated carbocycles. The number of aryl methyl sites for hydroxylation is 1. The molecule has 4 aromatic rings. The zero-order valence-electron chi connectivity index (χ0n) is 16.1. The second-order valence-corrected chi connectivity index (χ2v) is 6.79. The van der Waals surface area contributed by atoms with Crippen LogP contribution in [0.25, 0.3) is 10.9 Å². The molecule has 2 N–H and O–H groups in total. The van der Waals surface area contributed by atoms with Crippen LogP contribution in [0.15, 0.2) is 84.1 Å². The van der Waals surface area contributed by atoms with E-state index in [9.17, 15) is 4.79 Å². The lowest BCUT2D eigenvalue weighted by Gasteiger charge is -2.07. The van der Waals surface area contributed by atoms with Gasteiger partial charge in [0.15, 0.2) is 0 Å². The molecule has 0 atom stereocenters. The summed E-state index contributed by atoms with van der Waals surface area (Å²) in [6.07, 6.45) is 3.50. The molecular weight excluding hydrogens is 362 g/mol. The third-order valence-electron chi connectivity index (χ3n) is 4.63. The molecule has 5 nitrogen and oxygen atoms in total. The molecule has 0 bridgehead atoms. The van der Waals surface area contributed by atoms with E-state index in [1.807, 2.05) is 42.6 Å². The molecule has 0 radical (unpaired) electrons. The van der Waals surface area contributed by atoms with Crippen LogP contribution in [0.4, 0.5) is 0 Å². The van der Waals surface area contributed by atoms with Gasteiger partial charge in [0.05, 0.1) is 6.21 Å². The van der Waals surface area contributed by atoms with Crippen molar-refractivity contribution in [2.45, 2.75) is 13.5 Å². The van der Waals surface area contributed by atoms with Crippen LogP contribution in [0.2, 0.25) is 0 Å². The number of aromatic nitrogens is 1. The fourth-order valence-electron chi connectivity index (χ4n) is 2.98. The van der Waals surface area contributed by atoms with Crippen LogP contribution in [0.1, 0.15) is 27.0 Å². The van der Waals surface area contributed by atoms with E-state index < -0.39 is 0 Å². The van der Waals surface area contributed by atoms with E-state index in [2.05, 4.69) is 34.6 Å². The summed E-state index contributed by atoms with van der Waals surface area (Å²) in [6, 6.07) is 23.2. The topological polar surface area (TPSA) is 66.5 Å². The number of H-pyrrole nitrogens is 1. The van der Waals surface area contributed by atoms with Crippen molar-refractivity contribution in [1.82, 2.24) is 10.4 Å². The highest BCUT2D eigenvalue weighted by Crippen LogP contribution is 2.16. The minimum atomic E-state index is -0.272. The SMILES string of the molecule is Cc1ccc(COc2ccc(C(=O)N/N=C/c3c[nH]c4ccccc34)cc2)cc1. The molecular formula is C24H21N3O2. The van der Waals surface area contributed by atoms with Crippen LogP contribution in [0.5, 0.6) is 5.75 Å². The highest BCUT2D eigenvalue weighted by Gasteiger charge is 2.05. The quantitative estimate of drug-likeness (QED) is 0.370. The Hall–Kier alpha value is -3.86. The zero-order valence-corrected chi connectivity index (χ0v) is 16.1. The molecule has 0 unspecified atom stereocenters. The first kappa shape index (κ1) is 18.5. The molecule has 0 spiro atoms. The Labute approximate surface area is 169 Å². The third kappa shape index (κ3) is 4.52. The van der Waals surface area contributed by atoms with Gasteiger partial charge in [0.1, 0.15) is 12.4 Å². The molecule has 4 rings (SSSR count). The molecule has 0 aliphatic carbocycles. The van der Waals surface area contributed by atoms with Crippen molar-refractivity contribution >= 4 is 23.0 Å². The van der Waals surface area contributed by atoms with E-state index in [1.165, 1.54) is 5.56 Å². The standard InChI is InChI=1S/C24H21N3O2/c1-17-6-8-18(9-7-17)16-29-21-12-10-19(11-13-21)24(28)27-26-15-20-14-25-23-5-3-2-4-22(20)23/h2-15,25H,16H2,1H3,(H,27,28)/b26-15+. The van der Waals surface area contributed by atoms with Gasteiger partial charge in [-0.05, 0) is 42.8 Å². The summed E-state index contributed by atoms with van der Waals surface area (Å²) >= 11 is 0. The van der Waals surface area contributed by atoms with E-state index in [4.69, 9.17) is 4.74 Å². The van der Waals surface area contributed by atoms with Crippen molar-refractivity contribution in [2.75, 3.05) is 0 Å². The number of aromatic amines is 1. The first-order chi connectivity index (χ1) is 14.2. The number of carbonyl (C=O) groups is 1. The number of hydrogen-bond acceptors (Lipinski definition) is 3. The summed E-state index contributed by atoms with van der Waals surface area (Å²) in [4.78, 5) is 15.5. The van der Waals surface area contributed by atoms with Gasteiger partial charge in [0, 0.05) is 28.2 Å². The number of para-hydroxylation sites is 1. The van der Waals surface area contributed by atoms with Gasteiger partial charge in [-0.15, -0.1) is 0 Å². The highest BCUT2D eigenvalue weighted by atomic mass is 16.5. The minimum Gasteiger partial charge on any atom is -0.489 e. The summed E-state index contributed by atoms with van der Waals surface area (Å²) < 4.78 is 5.77. The maximum atomic E-state index is 12.3. The lowest BCUT2D eigenvalue weighted by Crippen LogP contribution is -2.17. The number of benzene rings is 3. The van der Waals surface area contributed by atoms with Crippen molar-refractivity contribution in [3.05, 3.63) is 101 Å². The fraction of sp³-hybridized carbons (Fsp3) is 0.0833. The van der Waals surface area contributed by atoms with Crippen molar-refractivity contribution in [2.24, 2.45) is 5.10 Å². The van der Waals surface area contributed by atoms with Gasteiger partial charge in [-0.25, -0.2) is 5.43 Å². The van der Waals surface area contributed by atoms with Crippen molar-refractivity contribution in [3.63, 3.8) is 0 Å². The number of nitrogens with zero attached hydrogens (tertiary/aromatic N) is 1. The summed E-state index contributed by atoms with van der Waals surface area (Å²) in [7, 11) is 0. The molecule has 5 heteroatoms. The fourth-order valence-corrected chi connectivity index (χ4v) is 2.98. The van der Waals surface area contributed by atoms with Crippen LogP contribution >= 0.6 is 0 Å². The Balaban J connectivity index is 1.33. The van der Waals surface area contributed by atoms with Crippen LogP contribution in [-0.4, -0.2) is 17.1 Å². The van der Waals surface area contributed by atoms with Gasteiger partial charge >= 0.3 is 0 Å². The number of carbonyl (C=O) groups excluding carboxylic acids is 1. The maximum Gasteiger partial charge on any atom is 0.271 e. The molecule has 144 valence electrons. The summed E-state index contributed by atoms with van der Waals surface area (Å²) in [5, 5.41) is 5.13. The Morgan fingerprint density at radius 2 is 1.79 bits per heavy atom. The van der Waals surface area contributed by atoms with Gasteiger partial charge in [-0.2, -0.15) is 5.10 Å². The Kier molecular flexibility index (Phi) is 5.38. The second kappa shape index (κ2) is 8.44. The predicted octanol–water partition coefficient (Wildman–Crippen LogP) is 4.82. The van der Waals surface area contributed by atoms with E-state index >= 15 is 0 Å². The molecule has 29 heavy (non-hydrogen) atoms. The Bertz CT molecular complexity index is 1140. The first-order valence-corrected chi connectivity index (χ1v) is 9.37. The lowest BCUT2D eigenvalue weighted by molar-refractivity contribution is 0.0955. The number of nitrogens with one attached hydrogen (secondary N) is 2. The molecule has 3 aromatic carbocycles. The van der Waals surface area contributed by atoms with E-state index in [-0.39, 0.29) is 5.91 Å². The van der Waals surface area contributed by atoms with Gasteiger partial charge in [-0.1, -0.05) is 48.0 Å². The number of rotatable bonds is 6. The smallest absolute Gasteiger partial charge is 0.271 e. The number of amides is 1. The van der Waals surface area contributed by atoms with Crippen LogP contribution in [0.3, 0.4) is 0 Å². The zero-order chi connectivity index (χ0) is 20.1. The second-order valence-electron chi connectivity index (χ2n) is 6.79. The number of hydrogen-bond donors (Lipinski definition) is 2. The summed E-state index contributed by atoms with van der Waals surface area (Å²) in [5.74, 6) is 0.440. The Morgan fingerprint density at radius 1 is 1.03 bits per heavy atom. The Morgan fingerprint density at radius 3 is 2.59 bits per heavy atom. The average molecular weight is 383 g/mol. The van der Waals surface area contributed by atoms with Gasteiger partial charge in [0.25, 0.3) is 5.91 Å². The van der Waals surface area contributed by atoms with Crippen LogP contribution in [0, 0.1) is 6.92 Å². The van der Waals surface area contributed by atoms with E-state index in [0.717, 1.165) is 22.0 Å². The minimum absolute atomic E-state index is 0.272. The third-order valence-corrected chi connectivity index (χ3v) is 4.63.